The molecular formula is C12H18N2O3S. The van der Waals surface area contributed by atoms with Gasteiger partial charge in [-0.25, -0.2) is 8.42 Å². The summed E-state index contributed by atoms with van der Waals surface area (Å²) in [5, 5.41) is 0. The Labute approximate surface area is 108 Å². The van der Waals surface area contributed by atoms with Crippen LogP contribution in [0.4, 0.5) is 11.4 Å². The first kappa shape index (κ1) is 14.5. The lowest BCUT2D eigenvalue weighted by atomic mass is 10.2. The van der Waals surface area contributed by atoms with Crippen LogP contribution in [-0.4, -0.2) is 27.1 Å². The van der Waals surface area contributed by atoms with E-state index in [4.69, 9.17) is 0 Å². The number of anilines is 2. The molecule has 0 bridgehead atoms. The van der Waals surface area contributed by atoms with Gasteiger partial charge in [0.15, 0.2) is 0 Å². The summed E-state index contributed by atoms with van der Waals surface area (Å²) in [5.41, 5.74) is 0.966. The van der Waals surface area contributed by atoms with Gasteiger partial charge in [0.2, 0.25) is 15.9 Å². The van der Waals surface area contributed by atoms with Gasteiger partial charge in [0.05, 0.1) is 17.1 Å². The molecule has 0 saturated heterocycles. The minimum Gasteiger partial charge on any atom is -0.314 e. The standard InChI is InChI=1S/C12H18N2O3S/c1-4-9-18(16,17)13-11-7-5-6-8-12(11)14(3)10(2)15/h5-8,13H,4,9H2,1-3H3. The summed E-state index contributed by atoms with van der Waals surface area (Å²) < 4.78 is 26.0. The van der Waals surface area contributed by atoms with Crippen molar-refractivity contribution in [2.75, 3.05) is 22.4 Å². The molecule has 0 aliphatic heterocycles. The summed E-state index contributed by atoms with van der Waals surface area (Å²) in [6.07, 6.45) is 0.542. The topological polar surface area (TPSA) is 66.5 Å². The minimum absolute atomic E-state index is 0.0606. The molecule has 1 rings (SSSR count). The summed E-state index contributed by atoms with van der Waals surface area (Å²) in [7, 11) is -1.75. The van der Waals surface area contributed by atoms with Crippen molar-refractivity contribution in [3.63, 3.8) is 0 Å². The van der Waals surface area contributed by atoms with Crippen LogP contribution in [0.15, 0.2) is 24.3 Å². The molecule has 1 N–H and O–H groups in total. The highest BCUT2D eigenvalue weighted by molar-refractivity contribution is 7.92. The molecule has 0 heterocycles. The fourth-order valence-corrected chi connectivity index (χ4v) is 2.66. The number of nitrogens with one attached hydrogen (secondary N) is 1. The lowest BCUT2D eigenvalue weighted by Gasteiger charge is -2.19. The molecule has 1 amide bonds. The van der Waals surface area contributed by atoms with Crippen LogP contribution in [0.5, 0.6) is 0 Å². The van der Waals surface area contributed by atoms with Crippen molar-refractivity contribution in [2.45, 2.75) is 20.3 Å². The van der Waals surface area contributed by atoms with Crippen molar-refractivity contribution < 1.29 is 13.2 Å². The number of nitrogens with zero attached hydrogens (tertiary/aromatic N) is 1. The van der Waals surface area contributed by atoms with E-state index < -0.39 is 10.0 Å². The van der Waals surface area contributed by atoms with Crippen molar-refractivity contribution in [2.24, 2.45) is 0 Å². The monoisotopic (exact) mass is 270 g/mol. The molecule has 5 nitrogen and oxygen atoms in total. The zero-order valence-corrected chi connectivity index (χ0v) is 11.6. The predicted molar refractivity (Wildman–Crippen MR) is 73.2 cm³/mol. The third-order valence-electron chi connectivity index (χ3n) is 2.48. The first-order valence-corrected chi connectivity index (χ1v) is 7.36. The summed E-state index contributed by atoms with van der Waals surface area (Å²) in [6, 6.07) is 6.82. The molecular weight excluding hydrogens is 252 g/mol. The van der Waals surface area contributed by atoms with Gasteiger partial charge in [0.25, 0.3) is 0 Å². The second-order valence-electron chi connectivity index (χ2n) is 4.02. The number of amides is 1. The van der Waals surface area contributed by atoms with Crippen molar-refractivity contribution in [1.29, 1.82) is 0 Å². The Balaban J connectivity index is 3.07. The summed E-state index contributed by atoms with van der Waals surface area (Å²) in [4.78, 5) is 12.7. The van der Waals surface area contributed by atoms with Gasteiger partial charge in [-0.15, -0.1) is 0 Å². The molecule has 0 unspecified atom stereocenters. The number of benzene rings is 1. The zero-order valence-electron chi connectivity index (χ0n) is 10.8. The smallest absolute Gasteiger partial charge is 0.232 e. The Bertz CT molecular complexity index is 526. The van der Waals surface area contributed by atoms with Gasteiger partial charge < -0.3 is 4.90 Å². The number of hydrogen-bond donors (Lipinski definition) is 1. The normalized spacial score (nSPS) is 11.1. The Morgan fingerprint density at radius 2 is 1.94 bits per heavy atom. The van der Waals surface area contributed by atoms with Crippen LogP contribution in [-0.2, 0) is 14.8 Å². The van der Waals surface area contributed by atoms with Gasteiger partial charge in [0, 0.05) is 14.0 Å². The second-order valence-corrected chi connectivity index (χ2v) is 5.86. The summed E-state index contributed by atoms with van der Waals surface area (Å²) >= 11 is 0. The number of rotatable bonds is 5. The number of sulfonamides is 1. The maximum atomic E-state index is 11.7. The highest BCUT2D eigenvalue weighted by atomic mass is 32.2. The number of para-hydroxylation sites is 2. The summed E-state index contributed by atoms with van der Waals surface area (Å²) in [5.74, 6) is -0.0948. The van der Waals surface area contributed by atoms with Gasteiger partial charge in [-0.3, -0.25) is 9.52 Å². The molecule has 0 aliphatic rings. The number of carbonyl (C=O) groups excluding carboxylic acids is 1. The molecule has 0 aromatic heterocycles. The predicted octanol–water partition coefficient (Wildman–Crippen LogP) is 1.82. The van der Waals surface area contributed by atoms with Gasteiger partial charge in [-0.1, -0.05) is 19.1 Å². The van der Waals surface area contributed by atoms with Gasteiger partial charge >= 0.3 is 0 Å². The first-order chi connectivity index (χ1) is 8.37. The van der Waals surface area contributed by atoms with Crippen LogP contribution >= 0.6 is 0 Å². The second kappa shape index (κ2) is 5.86. The van der Waals surface area contributed by atoms with Crippen LogP contribution in [0.25, 0.3) is 0 Å². The molecule has 1 aromatic rings. The minimum atomic E-state index is -3.35. The van der Waals surface area contributed by atoms with Crippen LogP contribution in [0.2, 0.25) is 0 Å². The largest absolute Gasteiger partial charge is 0.314 e. The SMILES string of the molecule is CCCS(=O)(=O)Nc1ccccc1N(C)C(C)=O. The molecule has 0 aliphatic carbocycles. The summed E-state index contributed by atoms with van der Waals surface area (Å²) in [6.45, 7) is 3.23. The number of carbonyl (C=O) groups is 1. The van der Waals surface area contributed by atoms with E-state index in [2.05, 4.69) is 4.72 Å². The molecule has 0 atom stereocenters. The van der Waals surface area contributed by atoms with Crippen LogP contribution in [0, 0.1) is 0 Å². The third kappa shape index (κ3) is 3.73. The van der Waals surface area contributed by atoms with E-state index in [0.29, 0.717) is 17.8 Å². The van der Waals surface area contributed by atoms with Gasteiger partial charge in [0.1, 0.15) is 0 Å². The van der Waals surface area contributed by atoms with Gasteiger partial charge in [-0.2, -0.15) is 0 Å². The maximum absolute atomic E-state index is 11.7. The highest BCUT2D eigenvalue weighted by Crippen LogP contribution is 2.25. The fraction of sp³-hybridized carbons (Fsp3) is 0.417. The molecule has 18 heavy (non-hydrogen) atoms. The third-order valence-corrected chi connectivity index (χ3v) is 3.95. The highest BCUT2D eigenvalue weighted by Gasteiger charge is 2.15. The van der Waals surface area contributed by atoms with Crippen molar-refractivity contribution >= 4 is 27.3 Å². The molecule has 0 saturated carbocycles. The molecule has 0 spiro atoms. The Hall–Kier alpha value is -1.56. The average Bonchev–Trinajstić information content (AvgIpc) is 2.28. The molecule has 100 valence electrons. The molecule has 0 fully saturated rings. The number of hydrogen-bond acceptors (Lipinski definition) is 3. The van der Waals surface area contributed by atoms with E-state index in [1.807, 2.05) is 0 Å². The van der Waals surface area contributed by atoms with Crippen LogP contribution in [0.1, 0.15) is 20.3 Å². The molecule has 0 radical (unpaired) electrons. The molecule has 6 heteroatoms. The van der Waals surface area contributed by atoms with E-state index in [0.717, 1.165) is 0 Å². The Morgan fingerprint density at radius 3 is 2.50 bits per heavy atom. The lowest BCUT2D eigenvalue weighted by molar-refractivity contribution is -0.116. The Kier molecular flexibility index (Phi) is 4.72. The zero-order chi connectivity index (χ0) is 13.8. The van der Waals surface area contributed by atoms with Crippen molar-refractivity contribution in [3.05, 3.63) is 24.3 Å². The van der Waals surface area contributed by atoms with E-state index >= 15 is 0 Å². The van der Waals surface area contributed by atoms with Crippen LogP contribution < -0.4 is 9.62 Å². The lowest BCUT2D eigenvalue weighted by Crippen LogP contribution is -2.25. The van der Waals surface area contributed by atoms with E-state index in [1.54, 1.807) is 38.2 Å². The fourth-order valence-electron chi connectivity index (χ4n) is 1.51. The van der Waals surface area contributed by atoms with E-state index in [1.165, 1.54) is 11.8 Å². The van der Waals surface area contributed by atoms with Crippen molar-refractivity contribution in [1.82, 2.24) is 0 Å². The van der Waals surface area contributed by atoms with Gasteiger partial charge in [-0.05, 0) is 18.6 Å². The maximum Gasteiger partial charge on any atom is 0.232 e. The van der Waals surface area contributed by atoms with Crippen molar-refractivity contribution in [3.8, 4) is 0 Å². The Morgan fingerprint density at radius 1 is 1.33 bits per heavy atom. The molecule has 1 aromatic carbocycles. The van der Waals surface area contributed by atoms with Crippen LogP contribution in [0.3, 0.4) is 0 Å². The first-order valence-electron chi connectivity index (χ1n) is 5.71. The van der Waals surface area contributed by atoms with E-state index in [-0.39, 0.29) is 11.7 Å². The van der Waals surface area contributed by atoms with E-state index in [9.17, 15) is 13.2 Å². The quantitative estimate of drug-likeness (QED) is 0.887. The average molecular weight is 270 g/mol.